The summed E-state index contributed by atoms with van der Waals surface area (Å²) in [7, 11) is -3.74. The van der Waals surface area contributed by atoms with Crippen LogP contribution in [0.2, 0.25) is 0 Å². The minimum absolute atomic E-state index is 0.130. The molecule has 28 heavy (non-hydrogen) atoms. The average Bonchev–Trinajstić information content (AvgIpc) is 2.58. The van der Waals surface area contributed by atoms with Crippen molar-refractivity contribution in [1.82, 2.24) is 0 Å². The van der Waals surface area contributed by atoms with Gasteiger partial charge in [-0.05, 0) is 20.8 Å². The third kappa shape index (κ3) is 8.31. The summed E-state index contributed by atoms with van der Waals surface area (Å²) >= 11 is 0. The Labute approximate surface area is 166 Å². The second kappa shape index (κ2) is 11.3. The SMILES string of the molecule is CC(C)P(=O)(O)OCCOC1C(O)C(CO)OC(OCCOC(C)(C)C)C1O. The van der Waals surface area contributed by atoms with E-state index in [4.69, 9.17) is 23.5 Å². The molecule has 10 nitrogen and oxygen atoms in total. The van der Waals surface area contributed by atoms with E-state index >= 15 is 0 Å². The molecule has 1 aliphatic rings. The number of aliphatic hydroxyl groups is 3. The average molecular weight is 430 g/mol. The molecule has 0 saturated carbocycles. The molecule has 1 heterocycles. The van der Waals surface area contributed by atoms with Gasteiger partial charge in [-0.25, -0.2) is 0 Å². The number of aliphatic hydroxyl groups excluding tert-OH is 3. The van der Waals surface area contributed by atoms with Crippen molar-refractivity contribution in [3.8, 4) is 0 Å². The van der Waals surface area contributed by atoms with Crippen molar-refractivity contribution in [2.75, 3.05) is 33.0 Å². The Hall–Kier alpha value is -0.130. The molecule has 4 N–H and O–H groups in total. The summed E-state index contributed by atoms with van der Waals surface area (Å²) < 4.78 is 38.5. The van der Waals surface area contributed by atoms with E-state index in [-0.39, 0.29) is 32.0 Å². The van der Waals surface area contributed by atoms with E-state index in [0.29, 0.717) is 0 Å². The van der Waals surface area contributed by atoms with Crippen LogP contribution in [-0.4, -0.2) is 95.2 Å². The second-order valence-corrected chi connectivity index (χ2v) is 10.3. The van der Waals surface area contributed by atoms with Crippen LogP contribution in [0.4, 0.5) is 0 Å². The van der Waals surface area contributed by atoms with Gasteiger partial charge in [0.05, 0.1) is 44.3 Å². The molecule has 11 heteroatoms. The second-order valence-electron chi connectivity index (χ2n) is 7.86. The first-order valence-electron chi connectivity index (χ1n) is 9.35. The summed E-state index contributed by atoms with van der Waals surface area (Å²) in [6, 6.07) is 0. The highest BCUT2D eigenvalue weighted by Gasteiger charge is 2.45. The Morgan fingerprint density at radius 2 is 1.64 bits per heavy atom. The van der Waals surface area contributed by atoms with Crippen molar-refractivity contribution >= 4 is 7.60 Å². The van der Waals surface area contributed by atoms with Crippen LogP contribution in [0.15, 0.2) is 0 Å². The molecule has 0 radical (unpaired) electrons. The predicted molar refractivity (Wildman–Crippen MR) is 100 cm³/mol. The summed E-state index contributed by atoms with van der Waals surface area (Å²) in [6.07, 6.45) is -5.91. The molecule has 6 atom stereocenters. The molecule has 0 aromatic rings. The maximum absolute atomic E-state index is 11.8. The number of hydrogen-bond donors (Lipinski definition) is 4. The number of rotatable bonds is 11. The van der Waals surface area contributed by atoms with E-state index in [9.17, 15) is 24.8 Å². The highest BCUT2D eigenvalue weighted by Crippen LogP contribution is 2.46. The zero-order valence-electron chi connectivity index (χ0n) is 17.2. The van der Waals surface area contributed by atoms with Crippen molar-refractivity contribution in [2.45, 2.75) is 76.6 Å². The molecule has 1 rings (SSSR count). The van der Waals surface area contributed by atoms with E-state index in [0.717, 1.165) is 0 Å². The van der Waals surface area contributed by atoms with Crippen molar-refractivity contribution in [3.63, 3.8) is 0 Å². The molecule has 0 bridgehead atoms. The zero-order valence-corrected chi connectivity index (χ0v) is 18.1. The van der Waals surface area contributed by atoms with E-state index in [1.807, 2.05) is 20.8 Å². The molecule has 0 aliphatic carbocycles. The first-order valence-corrected chi connectivity index (χ1v) is 11.0. The summed E-state index contributed by atoms with van der Waals surface area (Å²) in [4.78, 5) is 9.63. The Morgan fingerprint density at radius 3 is 2.18 bits per heavy atom. The normalized spacial score (nSPS) is 31.1. The molecule has 0 aromatic carbocycles. The third-order valence-electron chi connectivity index (χ3n) is 4.04. The van der Waals surface area contributed by atoms with Gasteiger partial charge in [0.15, 0.2) is 6.29 Å². The summed E-state index contributed by atoms with van der Waals surface area (Å²) in [6.45, 7) is 8.37. The lowest BCUT2D eigenvalue weighted by atomic mass is 9.99. The van der Waals surface area contributed by atoms with E-state index in [2.05, 4.69) is 0 Å². The fraction of sp³-hybridized carbons (Fsp3) is 1.00. The smallest absolute Gasteiger partial charge is 0.330 e. The van der Waals surface area contributed by atoms with Crippen LogP contribution in [0.5, 0.6) is 0 Å². The summed E-state index contributed by atoms with van der Waals surface area (Å²) in [5, 5.41) is 30.1. The lowest BCUT2D eigenvalue weighted by Crippen LogP contribution is -2.60. The van der Waals surface area contributed by atoms with Crippen molar-refractivity contribution in [1.29, 1.82) is 0 Å². The fourth-order valence-corrected chi connectivity index (χ4v) is 3.04. The van der Waals surface area contributed by atoms with Gasteiger partial charge in [-0.3, -0.25) is 4.57 Å². The first kappa shape index (κ1) is 25.9. The van der Waals surface area contributed by atoms with Crippen LogP contribution >= 0.6 is 7.60 Å². The maximum Gasteiger partial charge on any atom is 0.330 e. The lowest BCUT2D eigenvalue weighted by molar-refractivity contribution is -0.310. The molecule has 6 unspecified atom stereocenters. The standard InChI is InChI=1S/C17H35O10P/c1-11(2)28(21,22)26-9-7-23-15-13(19)12(10-18)27-16(14(15)20)24-6-8-25-17(3,4)5/h11-16,18-20H,6-10H2,1-5H3,(H,21,22). The van der Waals surface area contributed by atoms with Gasteiger partial charge in [-0.1, -0.05) is 13.8 Å². The minimum atomic E-state index is -3.74. The van der Waals surface area contributed by atoms with Gasteiger partial charge < -0.3 is 43.7 Å². The number of ether oxygens (including phenoxy) is 4. The minimum Gasteiger partial charge on any atom is -0.394 e. The lowest BCUT2D eigenvalue weighted by Gasteiger charge is -2.41. The molecule has 1 fully saturated rings. The van der Waals surface area contributed by atoms with Crippen LogP contribution in [0.1, 0.15) is 34.6 Å². The molecule has 0 aromatic heterocycles. The molecular formula is C17H35O10P. The van der Waals surface area contributed by atoms with Crippen LogP contribution in [0, 0.1) is 0 Å². The van der Waals surface area contributed by atoms with Gasteiger partial charge in [0.1, 0.15) is 24.4 Å². The van der Waals surface area contributed by atoms with Crippen LogP contribution < -0.4 is 0 Å². The highest BCUT2D eigenvalue weighted by atomic mass is 31.2. The Bertz CT molecular complexity index is 495. The van der Waals surface area contributed by atoms with E-state index in [1.54, 1.807) is 13.8 Å². The Balaban J connectivity index is 2.56. The quantitative estimate of drug-likeness (QED) is 0.266. The predicted octanol–water partition coefficient (Wildman–Crippen LogP) is 0.253. The highest BCUT2D eigenvalue weighted by molar-refractivity contribution is 7.53. The fourth-order valence-electron chi connectivity index (χ4n) is 2.40. The van der Waals surface area contributed by atoms with Gasteiger partial charge in [-0.15, -0.1) is 0 Å². The molecule has 0 amide bonds. The van der Waals surface area contributed by atoms with Gasteiger partial charge >= 0.3 is 7.60 Å². The first-order chi connectivity index (χ1) is 12.9. The molecule has 1 saturated heterocycles. The van der Waals surface area contributed by atoms with Crippen LogP contribution in [-0.2, 0) is 28.0 Å². The summed E-state index contributed by atoms with van der Waals surface area (Å²) in [5.41, 5.74) is -0.897. The van der Waals surface area contributed by atoms with Gasteiger partial charge in [-0.2, -0.15) is 0 Å². The number of hydrogen-bond acceptors (Lipinski definition) is 9. The monoisotopic (exact) mass is 430 g/mol. The maximum atomic E-state index is 11.8. The van der Waals surface area contributed by atoms with Crippen molar-refractivity contribution < 1.29 is 48.2 Å². The van der Waals surface area contributed by atoms with Crippen molar-refractivity contribution in [3.05, 3.63) is 0 Å². The molecule has 1 aliphatic heterocycles. The van der Waals surface area contributed by atoms with Crippen LogP contribution in [0.25, 0.3) is 0 Å². The van der Waals surface area contributed by atoms with Crippen molar-refractivity contribution in [2.24, 2.45) is 0 Å². The zero-order chi connectivity index (χ0) is 21.5. The van der Waals surface area contributed by atoms with E-state index in [1.165, 1.54) is 0 Å². The van der Waals surface area contributed by atoms with Gasteiger partial charge in [0.2, 0.25) is 0 Å². The van der Waals surface area contributed by atoms with E-state index < -0.39 is 50.6 Å². The molecule has 168 valence electrons. The molecule has 0 spiro atoms. The third-order valence-corrected chi connectivity index (χ3v) is 5.90. The summed E-state index contributed by atoms with van der Waals surface area (Å²) in [5.74, 6) is 0. The molecular weight excluding hydrogens is 395 g/mol. The van der Waals surface area contributed by atoms with Gasteiger partial charge in [0.25, 0.3) is 0 Å². The van der Waals surface area contributed by atoms with Crippen LogP contribution in [0.3, 0.4) is 0 Å². The van der Waals surface area contributed by atoms with Gasteiger partial charge in [0, 0.05) is 0 Å². The Morgan fingerprint density at radius 1 is 1.04 bits per heavy atom. The topological polar surface area (TPSA) is 144 Å². The largest absolute Gasteiger partial charge is 0.394 e. The Kier molecular flexibility index (Phi) is 10.5.